The number of carbonyl (C=O) groups excluding carboxylic acids is 1. The topological polar surface area (TPSA) is 49.8 Å². The van der Waals surface area contributed by atoms with Gasteiger partial charge in [0, 0.05) is 24.4 Å². The zero-order valence-electron chi connectivity index (χ0n) is 11.5. The third kappa shape index (κ3) is 3.09. The van der Waals surface area contributed by atoms with Crippen LogP contribution in [0.3, 0.4) is 0 Å². The maximum atomic E-state index is 12.3. The van der Waals surface area contributed by atoms with E-state index in [2.05, 4.69) is 0 Å². The number of hydrogen-bond donors (Lipinski definition) is 1. The number of benzene rings is 2. The van der Waals surface area contributed by atoms with Crippen LogP contribution in [-0.4, -0.2) is 24.7 Å². The first-order valence-corrected chi connectivity index (χ1v) is 6.41. The summed E-state index contributed by atoms with van der Waals surface area (Å²) in [5.41, 5.74) is 1.21. The molecule has 0 aliphatic heterocycles. The lowest BCUT2D eigenvalue weighted by Crippen LogP contribution is -2.26. The predicted molar refractivity (Wildman–Crippen MR) is 78.5 cm³/mol. The Morgan fingerprint density at radius 2 is 1.90 bits per heavy atom. The summed E-state index contributed by atoms with van der Waals surface area (Å²) in [7, 11) is 1.67. The average Bonchev–Trinajstić information content (AvgIpc) is 2.47. The van der Waals surface area contributed by atoms with Crippen LogP contribution in [0.25, 0.3) is 0 Å². The van der Waals surface area contributed by atoms with E-state index in [0.29, 0.717) is 17.9 Å². The molecule has 20 heavy (non-hydrogen) atoms. The highest BCUT2D eigenvalue weighted by Gasteiger charge is 2.13. The Hall–Kier alpha value is -2.49. The quantitative estimate of drug-likeness (QED) is 0.929. The lowest BCUT2D eigenvalue weighted by atomic mass is 10.2. The third-order valence-electron chi connectivity index (χ3n) is 2.93. The van der Waals surface area contributed by atoms with E-state index >= 15 is 0 Å². The fourth-order valence-electron chi connectivity index (χ4n) is 1.87. The Labute approximate surface area is 118 Å². The molecule has 0 aliphatic rings. The molecule has 1 N–H and O–H groups in total. The molecule has 0 saturated heterocycles. The summed E-state index contributed by atoms with van der Waals surface area (Å²) in [4.78, 5) is 13.8. The summed E-state index contributed by atoms with van der Waals surface area (Å²) in [6.07, 6.45) is 0. The van der Waals surface area contributed by atoms with Crippen molar-refractivity contribution in [1.82, 2.24) is 0 Å². The molecule has 4 nitrogen and oxygen atoms in total. The van der Waals surface area contributed by atoms with E-state index in [9.17, 15) is 9.90 Å². The Bertz CT molecular complexity index is 593. The van der Waals surface area contributed by atoms with Crippen molar-refractivity contribution < 1.29 is 14.6 Å². The minimum Gasteiger partial charge on any atom is -0.508 e. The van der Waals surface area contributed by atoms with Crippen LogP contribution in [0.15, 0.2) is 48.5 Å². The van der Waals surface area contributed by atoms with Crippen LogP contribution in [0, 0.1) is 0 Å². The van der Waals surface area contributed by atoms with Crippen LogP contribution in [0.5, 0.6) is 11.5 Å². The van der Waals surface area contributed by atoms with Crippen molar-refractivity contribution in [2.24, 2.45) is 0 Å². The minimum absolute atomic E-state index is 0.133. The van der Waals surface area contributed by atoms with Gasteiger partial charge in [0.25, 0.3) is 5.91 Å². The predicted octanol–water partition coefficient (Wildman–Crippen LogP) is 3.07. The number of carbonyl (C=O) groups is 1. The highest BCUT2D eigenvalue weighted by molar-refractivity contribution is 6.05. The van der Waals surface area contributed by atoms with E-state index in [0.717, 1.165) is 5.75 Å². The van der Waals surface area contributed by atoms with E-state index in [1.807, 2.05) is 6.92 Å². The Balaban J connectivity index is 2.18. The molecule has 0 bridgehead atoms. The number of hydrogen-bond acceptors (Lipinski definition) is 3. The molecule has 104 valence electrons. The number of phenols is 1. The van der Waals surface area contributed by atoms with Crippen LogP contribution >= 0.6 is 0 Å². The van der Waals surface area contributed by atoms with Gasteiger partial charge in [-0.1, -0.05) is 6.07 Å². The smallest absolute Gasteiger partial charge is 0.258 e. The third-order valence-corrected chi connectivity index (χ3v) is 2.93. The molecular formula is C16H17NO3. The molecular weight excluding hydrogens is 254 g/mol. The van der Waals surface area contributed by atoms with Crippen molar-refractivity contribution in [3.05, 3.63) is 54.1 Å². The van der Waals surface area contributed by atoms with E-state index in [1.54, 1.807) is 55.6 Å². The lowest BCUT2D eigenvalue weighted by molar-refractivity contribution is 0.0993. The molecule has 0 radical (unpaired) electrons. The number of phenolic OH excluding ortho intramolecular Hbond substituents is 1. The fourth-order valence-corrected chi connectivity index (χ4v) is 1.87. The Morgan fingerprint density at radius 1 is 1.20 bits per heavy atom. The van der Waals surface area contributed by atoms with Gasteiger partial charge in [0.15, 0.2) is 0 Å². The summed E-state index contributed by atoms with van der Waals surface area (Å²) in [6.45, 7) is 2.51. The van der Waals surface area contributed by atoms with Crippen molar-refractivity contribution in [1.29, 1.82) is 0 Å². The first-order chi connectivity index (χ1) is 9.61. The van der Waals surface area contributed by atoms with Gasteiger partial charge in [-0.2, -0.15) is 0 Å². The molecule has 4 heteroatoms. The van der Waals surface area contributed by atoms with Gasteiger partial charge < -0.3 is 14.7 Å². The molecule has 0 aromatic heterocycles. The largest absolute Gasteiger partial charge is 0.508 e. The fraction of sp³-hybridized carbons (Fsp3) is 0.188. The number of rotatable bonds is 4. The summed E-state index contributed by atoms with van der Waals surface area (Å²) in [5, 5.41) is 9.46. The van der Waals surface area contributed by atoms with Gasteiger partial charge in [-0.25, -0.2) is 0 Å². The first-order valence-electron chi connectivity index (χ1n) is 6.41. The molecule has 2 aromatic carbocycles. The summed E-state index contributed by atoms with van der Waals surface area (Å²) >= 11 is 0. The molecule has 1 amide bonds. The van der Waals surface area contributed by atoms with Gasteiger partial charge in [0.1, 0.15) is 11.5 Å². The van der Waals surface area contributed by atoms with Crippen LogP contribution in [0.4, 0.5) is 5.69 Å². The monoisotopic (exact) mass is 271 g/mol. The van der Waals surface area contributed by atoms with Crippen LogP contribution in [0.1, 0.15) is 17.3 Å². The number of anilines is 1. The summed E-state index contributed by atoms with van der Waals surface area (Å²) < 4.78 is 5.34. The number of aromatic hydroxyl groups is 1. The molecule has 2 aromatic rings. The van der Waals surface area contributed by atoms with Crippen molar-refractivity contribution in [2.45, 2.75) is 6.92 Å². The van der Waals surface area contributed by atoms with Crippen molar-refractivity contribution in [3.8, 4) is 11.5 Å². The average molecular weight is 271 g/mol. The van der Waals surface area contributed by atoms with Crippen LogP contribution < -0.4 is 9.64 Å². The van der Waals surface area contributed by atoms with Gasteiger partial charge in [0.05, 0.1) is 6.61 Å². The Kier molecular flexibility index (Phi) is 4.25. The molecule has 0 aliphatic carbocycles. The highest BCUT2D eigenvalue weighted by atomic mass is 16.5. The molecule has 0 unspecified atom stereocenters. The molecule has 0 atom stereocenters. The molecule has 2 rings (SSSR count). The molecule has 0 saturated carbocycles. The molecule has 0 fully saturated rings. The summed E-state index contributed by atoms with van der Waals surface area (Å²) in [5.74, 6) is 0.733. The van der Waals surface area contributed by atoms with Crippen molar-refractivity contribution >= 4 is 11.6 Å². The second kappa shape index (κ2) is 6.10. The van der Waals surface area contributed by atoms with Crippen molar-refractivity contribution in [3.63, 3.8) is 0 Å². The zero-order valence-corrected chi connectivity index (χ0v) is 11.5. The number of ether oxygens (including phenoxy) is 1. The second-order valence-electron chi connectivity index (χ2n) is 4.34. The Morgan fingerprint density at radius 3 is 2.50 bits per heavy atom. The SMILES string of the molecule is CCOc1ccc(C(=O)N(C)c2cccc(O)c2)cc1. The molecule has 0 spiro atoms. The van der Waals surface area contributed by atoms with Crippen LogP contribution in [0.2, 0.25) is 0 Å². The van der Waals surface area contributed by atoms with E-state index in [1.165, 1.54) is 4.90 Å². The van der Waals surface area contributed by atoms with Gasteiger partial charge in [-0.3, -0.25) is 4.79 Å². The maximum Gasteiger partial charge on any atom is 0.258 e. The van der Waals surface area contributed by atoms with E-state index in [-0.39, 0.29) is 11.7 Å². The standard InChI is InChI=1S/C16H17NO3/c1-3-20-15-9-7-12(8-10-15)16(19)17(2)13-5-4-6-14(18)11-13/h4-11,18H,3H2,1-2H3. The van der Waals surface area contributed by atoms with Gasteiger partial charge in [-0.05, 0) is 43.3 Å². The second-order valence-corrected chi connectivity index (χ2v) is 4.34. The van der Waals surface area contributed by atoms with Gasteiger partial charge >= 0.3 is 0 Å². The summed E-state index contributed by atoms with van der Waals surface area (Å²) in [6, 6.07) is 13.6. The highest BCUT2D eigenvalue weighted by Crippen LogP contribution is 2.21. The maximum absolute atomic E-state index is 12.3. The number of nitrogens with zero attached hydrogens (tertiary/aromatic N) is 1. The van der Waals surface area contributed by atoms with Crippen LogP contribution in [-0.2, 0) is 0 Å². The zero-order chi connectivity index (χ0) is 14.5. The molecule has 0 heterocycles. The minimum atomic E-state index is -0.140. The van der Waals surface area contributed by atoms with Gasteiger partial charge in [-0.15, -0.1) is 0 Å². The van der Waals surface area contributed by atoms with E-state index in [4.69, 9.17) is 4.74 Å². The van der Waals surface area contributed by atoms with Crippen molar-refractivity contribution in [2.75, 3.05) is 18.6 Å². The first kappa shape index (κ1) is 13.9. The van der Waals surface area contributed by atoms with E-state index < -0.39 is 0 Å². The van der Waals surface area contributed by atoms with Gasteiger partial charge in [0.2, 0.25) is 0 Å². The lowest BCUT2D eigenvalue weighted by Gasteiger charge is -2.17. The normalized spacial score (nSPS) is 10.1. The number of amides is 1.